The van der Waals surface area contributed by atoms with Gasteiger partial charge in [0.25, 0.3) is 0 Å². The number of urea groups is 1. The summed E-state index contributed by atoms with van der Waals surface area (Å²) in [5, 5.41) is 10.7. The highest BCUT2D eigenvalue weighted by atomic mass is 35.5. The molecule has 7 nitrogen and oxygen atoms in total. The van der Waals surface area contributed by atoms with E-state index in [0.29, 0.717) is 11.0 Å². The van der Waals surface area contributed by atoms with Gasteiger partial charge in [-0.2, -0.15) is 0 Å². The summed E-state index contributed by atoms with van der Waals surface area (Å²) in [6.07, 6.45) is 2.11. The predicted molar refractivity (Wildman–Crippen MR) is 77.5 cm³/mol. The number of anilines is 1. The first-order valence-electron chi connectivity index (χ1n) is 6.71. The topological polar surface area (TPSA) is 82.2 Å². The highest BCUT2D eigenvalue weighted by molar-refractivity contribution is 6.29. The van der Waals surface area contributed by atoms with Crippen molar-refractivity contribution >= 4 is 23.4 Å². The van der Waals surface area contributed by atoms with Crippen molar-refractivity contribution in [2.24, 2.45) is 0 Å². The molecule has 0 spiro atoms. The van der Waals surface area contributed by atoms with Gasteiger partial charge in [-0.3, -0.25) is 10.9 Å². The number of aromatic nitrogens is 2. The third-order valence-corrected chi connectivity index (χ3v) is 3.43. The van der Waals surface area contributed by atoms with Crippen molar-refractivity contribution < 1.29 is 4.79 Å². The molecule has 3 N–H and O–H groups in total. The molecular formula is C12H19ClN6O. The summed E-state index contributed by atoms with van der Waals surface area (Å²) in [5.74, 6) is 0.434. The van der Waals surface area contributed by atoms with E-state index in [-0.39, 0.29) is 12.1 Å². The minimum atomic E-state index is -0.273. The zero-order valence-electron chi connectivity index (χ0n) is 11.4. The molecule has 1 saturated heterocycles. The number of hydrogen-bond donors (Lipinski definition) is 3. The standard InChI is InChI=1S/C12H19ClN6O/c1-2-19-7-3-4-9(8-19)14-12(20)18-17-11-6-5-10(13)15-16-11/h5-6,9H,2-4,7-8H2,1H3,(H,16,17)(H2,14,18,20)/t9-/m1/s1. The number of halogens is 1. The van der Waals surface area contributed by atoms with E-state index in [2.05, 4.69) is 38.2 Å². The summed E-state index contributed by atoms with van der Waals surface area (Å²) in [6.45, 7) is 5.14. The number of amides is 2. The molecular weight excluding hydrogens is 280 g/mol. The van der Waals surface area contributed by atoms with E-state index >= 15 is 0 Å². The van der Waals surface area contributed by atoms with E-state index in [4.69, 9.17) is 11.6 Å². The van der Waals surface area contributed by atoms with Gasteiger partial charge in [0.1, 0.15) is 0 Å². The predicted octanol–water partition coefficient (Wildman–Crippen LogP) is 1.24. The van der Waals surface area contributed by atoms with Crippen LogP contribution in [0.25, 0.3) is 0 Å². The minimum Gasteiger partial charge on any atom is -0.333 e. The fourth-order valence-electron chi connectivity index (χ4n) is 2.19. The van der Waals surface area contributed by atoms with E-state index in [1.165, 1.54) is 0 Å². The van der Waals surface area contributed by atoms with E-state index in [0.717, 1.165) is 32.5 Å². The average molecular weight is 299 g/mol. The number of nitrogens with one attached hydrogen (secondary N) is 3. The van der Waals surface area contributed by atoms with E-state index < -0.39 is 0 Å². The molecule has 0 radical (unpaired) electrons. The summed E-state index contributed by atoms with van der Waals surface area (Å²) in [5.41, 5.74) is 5.21. The maximum absolute atomic E-state index is 11.8. The molecule has 1 aliphatic heterocycles. The van der Waals surface area contributed by atoms with Gasteiger partial charge in [-0.25, -0.2) is 4.79 Å². The van der Waals surface area contributed by atoms with Crippen LogP contribution in [0.3, 0.4) is 0 Å². The first-order chi connectivity index (χ1) is 9.67. The van der Waals surface area contributed by atoms with Crippen molar-refractivity contribution in [1.29, 1.82) is 0 Å². The number of likely N-dealkylation sites (tertiary alicyclic amines) is 1. The van der Waals surface area contributed by atoms with Gasteiger partial charge in [0.15, 0.2) is 11.0 Å². The van der Waals surface area contributed by atoms with Crippen LogP contribution >= 0.6 is 11.6 Å². The third kappa shape index (κ3) is 4.50. The van der Waals surface area contributed by atoms with Crippen LogP contribution in [0.1, 0.15) is 19.8 Å². The van der Waals surface area contributed by atoms with Crippen LogP contribution in [-0.4, -0.2) is 46.8 Å². The molecule has 1 aromatic heterocycles. The van der Waals surface area contributed by atoms with Crippen molar-refractivity contribution in [2.45, 2.75) is 25.8 Å². The molecule has 2 amide bonds. The number of carbonyl (C=O) groups excluding carboxylic acids is 1. The molecule has 1 atom stereocenters. The third-order valence-electron chi connectivity index (χ3n) is 3.22. The summed E-state index contributed by atoms with van der Waals surface area (Å²) >= 11 is 5.62. The number of rotatable bonds is 4. The Kier molecular flexibility index (Phi) is 5.37. The van der Waals surface area contributed by atoms with Crippen molar-refractivity contribution in [3.63, 3.8) is 0 Å². The summed E-state index contributed by atoms with van der Waals surface area (Å²) in [7, 11) is 0. The van der Waals surface area contributed by atoms with Crippen LogP contribution < -0.4 is 16.2 Å². The van der Waals surface area contributed by atoms with Crippen molar-refractivity contribution in [3.05, 3.63) is 17.3 Å². The van der Waals surface area contributed by atoms with E-state index in [9.17, 15) is 4.79 Å². The van der Waals surface area contributed by atoms with Crippen LogP contribution in [-0.2, 0) is 0 Å². The van der Waals surface area contributed by atoms with Gasteiger partial charge >= 0.3 is 6.03 Å². The first kappa shape index (κ1) is 14.8. The van der Waals surface area contributed by atoms with Gasteiger partial charge in [0.05, 0.1) is 0 Å². The highest BCUT2D eigenvalue weighted by Crippen LogP contribution is 2.09. The first-order valence-corrected chi connectivity index (χ1v) is 7.09. The number of piperidine rings is 1. The molecule has 1 aliphatic rings. The SMILES string of the molecule is CCN1CCC[C@@H](NC(=O)NNc2ccc(Cl)nn2)C1. The maximum atomic E-state index is 11.8. The number of hydrogen-bond acceptors (Lipinski definition) is 5. The lowest BCUT2D eigenvalue weighted by Gasteiger charge is -2.32. The van der Waals surface area contributed by atoms with Gasteiger partial charge in [-0.1, -0.05) is 18.5 Å². The summed E-state index contributed by atoms with van der Waals surface area (Å²) in [4.78, 5) is 14.1. The fourth-order valence-corrected chi connectivity index (χ4v) is 2.29. The number of nitrogens with zero attached hydrogens (tertiary/aromatic N) is 3. The Balaban J connectivity index is 1.73. The zero-order chi connectivity index (χ0) is 14.4. The Morgan fingerprint density at radius 3 is 3.05 bits per heavy atom. The second-order valence-electron chi connectivity index (χ2n) is 4.70. The fraction of sp³-hybridized carbons (Fsp3) is 0.583. The molecule has 0 aliphatic carbocycles. The molecule has 0 saturated carbocycles. The molecule has 0 unspecified atom stereocenters. The zero-order valence-corrected chi connectivity index (χ0v) is 12.2. The molecule has 2 rings (SSSR count). The van der Waals surface area contributed by atoms with Gasteiger partial charge in [-0.05, 0) is 38.1 Å². The second-order valence-corrected chi connectivity index (χ2v) is 5.08. The highest BCUT2D eigenvalue weighted by Gasteiger charge is 2.20. The normalized spacial score (nSPS) is 19.4. The lowest BCUT2D eigenvalue weighted by atomic mass is 10.1. The van der Waals surface area contributed by atoms with Crippen LogP contribution in [0.5, 0.6) is 0 Å². The van der Waals surface area contributed by atoms with Gasteiger partial charge in [-0.15, -0.1) is 10.2 Å². The number of likely N-dealkylation sites (N-methyl/N-ethyl adjacent to an activating group) is 1. The van der Waals surface area contributed by atoms with Crippen molar-refractivity contribution in [2.75, 3.05) is 25.1 Å². The van der Waals surface area contributed by atoms with Crippen LogP contribution in [0.2, 0.25) is 5.15 Å². The van der Waals surface area contributed by atoms with Crippen molar-refractivity contribution in [3.8, 4) is 0 Å². The van der Waals surface area contributed by atoms with Gasteiger partial charge < -0.3 is 10.2 Å². The van der Waals surface area contributed by atoms with Gasteiger partial charge in [0, 0.05) is 12.6 Å². The lowest BCUT2D eigenvalue weighted by molar-refractivity contribution is 0.193. The molecule has 1 fully saturated rings. The summed E-state index contributed by atoms with van der Waals surface area (Å²) in [6, 6.07) is 3.14. The Morgan fingerprint density at radius 1 is 1.50 bits per heavy atom. The molecule has 110 valence electrons. The van der Waals surface area contributed by atoms with Gasteiger partial charge in [0.2, 0.25) is 0 Å². The second kappa shape index (κ2) is 7.25. The van der Waals surface area contributed by atoms with E-state index in [1.54, 1.807) is 12.1 Å². The monoisotopic (exact) mass is 298 g/mol. The molecule has 0 aromatic carbocycles. The van der Waals surface area contributed by atoms with Crippen LogP contribution in [0.4, 0.5) is 10.6 Å². The molecule has 8 heteroatoms. The largest absolute Gasteiger partial charge is 0.333 e. The Bertz CT molecular complexity index is 440. The minimum absolute atomic E-state index is 0.182. The van der Waals surface area contributed by atoms with Crippen LogP contribution in [0, 0.1) is 0 Å². The lowest BCUT2D eigenvalue weighted by Crippen LogP contribution is -2.51. The Hall–Kier alpha value is -1.60. The maximum Gasteiger partial charge on any atom is 0.333 e. The Morgan fingerprint density at radius 2 is 2.35 bits per heavy atom. The molecule has 2 heterocycles. The number of carbonyl (C=O) groups is 1. The molecule has 20 heavy (non-hydrogen) atoms. The summed E-state index contributed by atoms with van der Waals surface area (Å²) < 4.78 is 0. The smallest absolute Gasteiger partial charge is 0.333 e. The Labute approximate surface area is 123 Å². The average Bonchev–Trinajstić information content (AvgIpc) is 2.47. The quantitative estimate of drug-likeness (QED) is 0.729. The molecule has 1 aromatic rings. The van der Waals surface area contributed by atoms with Crippen LogP contribution in [0.15, 0.2) is 12.1 Å². The molecule has 0 bridgehead atoms. The van der Waals surface area contributed by atoms with Crippen molar-refractivity contribution in [1.82, 2.24) is 25.8 Å². The van der Waals surface area contributed by atoms with E-state index in [1.807, 2.05) is 0 Å². The number of hydrazine groups is 1.